The van der Waals surface area contributed by atoms with Crippen LogP contribution in [-0.2, 0) is 16.9 Å². The summed E-state index contributed by atoms with van der Waals surface area (Å²) in [5, 5.41) is 5.73. The van der Waals surface area contributed by atoms with Crippen molar-refractivity contribution in [3.8, 4) is 16.9 Å². The van der Waals surface area contributed by atoms with Gasteiger partial charge in [0.1, 0.15) is 22.9 Å². The molecule has 4 heterocycles. The van der Waals surface area contributed by atoms with E-state index in [-0.39, 0.29) is 24.8 Å². The Kier molecular flexibility index (Phi) is 4.72. The zero-order valence-corrected chi connectivity index (χ0v) is 19.2. The zero-order chi connectivity index (χ0) is 25.0. The van der Waals surface area contributed by atoms with E-state index in [0.29, 0.717) is 22.7 Å². The fourth-order valence-electron chi connectivity index (χ4n) is 4.74. The molecule has 0 radical (unpaired) electrons. The number of hydrogen-bond acceptors (Lipinski definition) is 7. The van der Waals surface area contributed by atoms with Crippen molar-refractivity contribution in [2.75, 3.05) is 19.4 Å². The highest BCUT2D eigenvalue weighted by Gasteiger charge is 2.53. The van der Waals surface area contributed by atoms with Gasteiger partial charge in [-0.3, -0.25) is 14.9 Å². The van der Waals surface area contributed by atoms with E-state index in [9.17, 15) is 14.4 Å². The summed E-state index contributed by atoms with van der Waals surface area (Å²) < 4.78 is 11.3. The molecule has 2 aromatic carbocycles. The molecule has 2 aromatic heterocycles. The molecule has 1 fully saturated rings. The Morgan fingerprint density at radius 2 is 1.92 bits per heavy atom. The SMILES string of the molecule is COc1ccc2c(c1)C(=O)N(C[C@@]1(c3cc4cc(-c5ccc(N)nc5)ccc4o3)NC(=O)NC1=O)C2. The molecule has 180 valence electrons. The number of nitrogens with one attached hydrogen (secondary N) is 2. The summed E-state index contributed by atoms with van der Waals surface area (Å²) in [6, 6.07) is 15.5. The van der Waals surface area contributed by atoms with Crippen LogP contribution in [0, 0.1) is 0 Å². The molecule has 36 heavy (non-hydrogen) atoms. The number of carbonyl (C=O) groups is 3. The van der Waals surface area contributed by atoms with Gasteiger partial charge in [0.25, 0.3) is 11.8 Å². The number of pyridine rings is 1. The average molecular weight is 483 g/mol. The van der Waals surface area contributed by atoms with Crippen molar-refractivity contribution < 1.29 is 23.5 Å². The standard InChI is InChI=1S/C26H21N5O5/c1-35-18-5-2-16-12-31(23(32)19(16)10-18)13-26(24(33)29-25(34)30-26)21-9-17-8-14(3-6-20(17)36-21)15-4-7-22(27)28-11-15/h2-11H,12-13H2,1H3,(H2,27,28)(H2,29,30,33,34)/t26-/m0/s1. The topological polar surface area (TPSA) is 140 Å². The number of benzene rings is 2. The monoisotopic (exact) mass is 483 g/mol. The lowest BCUT2D eigenvalue weighted by Gasteiger charge is -2.29. The number of nitrogen functional groups attached to an aromatic ring is 1. The van der Waals surface area contributed by atoms with Crippen LogP contribution >= 0.6 is 0 Å². The number of carbonyl (C=O) groups excluding carboxylic acids is 3. The molecule has 2 aliphatic rings. The first kappa shape index (κ1) is 21.7. The second kappa shape index (κ2) is 7.84. The number of imide groups is 1. The van der Waals surface area contributed by atoms with Crippen molar-refractivity contribution in [1.29, 1.82) is 0 Å². The van der Waals surface area contributed by atoms with Gasteiger partial charge >= 0.3 is 6.03 Å². The first-order valence-corrected chi connectivity index (χ1v) is 11.2. The number of amides is 4. The predicted octanol–water partition coefficient (Wildman–Crippen LogP) is 2.78. The van der Waals surface area contributed by atoms with Gasteiger partial charge in [-0.2, -0.15) is 0 Å². The maximum absolute atomic E-state index is 13.2. The van der Waals surface area contributed by atoms with E-state index in [1.807, 2.05) is 24.3 Å². The number of nitrogens with two attached hydrogens (primary N) is 1. The molecular formula is C26H21N5O5. The summed E-state index contributed by atoms with van der Waals surface area (Å²) in [4.78, 5) is 44.2. The highest BCUT2D eigenvalue weighted by molar-refractivity contribution is 6.08. The maximum Gasteiger partial charge on any atom is 0.322 e. The number of nitrogens with zero attached hydrogens (tertiary/aromatic N) is 2. The lowest BCUT2D eigenvalue weighted by molar-refractivity contribution is -0.125. The molecule has 4 N–H and O–H groups in total. The molecular weight excluding hydrogens is 462 g/mol. The predicted molar refractivity (Wildman–Crippen MR) is 130 cm³/mol. The quantitative estimate of drug-likeness (QED) is 0.371. The van der Waals surface area contributed by atoms with E-state index in [4.69, 9.17) is 14.9 Å². The third-order valence-electron chi connectivity index (χ3n) is 6.62. The number of furan rings is 1. The summed E-state index contributed by atoms with van der Waals surface area (Å²) >= 11 is 0. The largest absolute Gasteiger partial charge is 0.497 e. The van der Waals surface area contributed by atoms with Gasteiger partial charge in [0.2, 0.25) is 0 Å². The first-order valence-electron chi connectivity index (χ1n) is 11.2. The Labute approximate surface area is 205 Å². The molecule has 10 nitrogen and oxygen atoms in total. The van der Waals surface area contributed by atoms with Crippen molar-refractivity contribution >= 4 is 34.6 Å². The average Bonchev–Trinajstić information content (AvgIpc) is 3.53. The first-order chi connectivity index (χ1) is 17.4. The van der Waals surface area contributed by atoms with Gasteiger partial charge in [0.05, 0.1) is 13.7 Å². The summed E-state index contributed by atoms with van der Waals surface area (Å²) in [5.41, 5.74) is 7.71. The summed E-state index contributed by atoms with van der Waals surface area (Å²) in [6.07, 6.45) is 1.68. The van der Waals surface area contributed by atoms with Crippen LogP contribution in [0.2, 0.25) is 0 Å². The molecule has 0 saturated carbocycles. The van der Waals surface area contributed by atoms with Crippen LogP contribution in [-0.4, -0.2) is 41.4 Å². The van der Waals surface area contributed by atoms with Gasteiger partial charge in [-0.05, 0) is 53.6 Å². The van der Waals surface area contributed by atoms with E-state index in [2.05, 4.69) is 15.6 Å². The number of rotatable bonds is 5. The number of ether oxygens (including phenoxy) is 1. The van der Waals surface area contributed by atoms with Gasteiger partial charge in [-0.15, -0.1) is 0 Å². The van der Waals surface area contributed by atoms with Crippen molar-refractivity contribution in [3.63, 3.8) is 0 Å². The Morgan fingerprint density at radius 3 is 2.64 bits per heavy atom. The molecule has 0 unspecified atom stereocenters. The van der Waals surface area contributed by atoms with E-state index < -0.39 is 17.5 Å². The molecule has 0 bridgehead atoms. The molecule has 0 spiro atoms. The number of methoxy groups -OCH3 is 1. The van der Waals surface area contributed by atoms with Crippen LogP contribution in [0.15, 0.2) is 65.2 Å². The Balaban J connectivity index is 1.38. The van der Waals surface area contributed by atoms with Gasteiger partial charge in [0, 0.05) is 29.3 Å². The van der Waals surface area contributed by atoms with E-state index in [1.54, 1.807) is 36.5 Å². The lowest BCUT2D eigenvalue weighted by Crippen LogP contribution is -2.52. The number of anilines is 1. The minimum Gasteiger partial charge on any atom is -0.497 e. The summed E-state index contributed by atoms with van der Waals surface area (Å²) in [5.74, 6) is 0.375. The Morgan fingerprint density at radius 1 is 1.08 bits per heavy atom. The molecule has 2 aliphatic heterocycles. The van der Waals surface area contributed by atoms with Crippen LogP contribution in [0.3, 0.4) is 0 Å². The van der Waals surface area contributed by atoms with Gasteiger partial charge in [0.15, 0.2) is 5.54 Å². The highest BCUT2D eigenvalue weighted by atomic mass is 16.5. The van der Waals surface area contributed by atoms with Crippen molar-refractivity contribution in [2.45, 2.75) is 12.1 Å². The van der Waals surface area contributed by atoms with Crippen LogP contribution in [0.4, 0.5) is 10.6 Å². The molecule has 4 amide bonds. The zero-order valence-electron chi connectivity index (χ0n) is 19.2. The van der Waals surface area contributed by atoms with E-state index in [1.165, 1.54) is 12.0 Å². The summed E-state index contributed by atoms with van der Waals surface area (Å²) in [7, 11) is 1.53. The van der Waals surface area contributed by atoms with E-state index in [0.717, 1.165) is 22.1 Å². The Hall–Kier alpha value is -4.86. The number of aromatic nitrogens is 1. The third kappa shape index (κ3) is 3.34. The van der Waals surface area contributed by atoms with Gasteiger partial charge in [-0.1, -0.05) is 12.1 Å². The van der Waals surface area contributed by atoms with Crippen LogP contribution in [0.25, 0.3) is 22.1 Å². The number of fused-ring (bicyclic) bond motifs is 2. The number of urea groups is 1. The molecule has 0 aliphatic carbocycles. The number of hydrogen-bond donors (Lipinski definition) is 3. The smallest absolute Gasteiger partial charge is 0.322 e. The molecule has 1 saturated heterocycles. The van der Waals surface area contributed by atoms with Crippen molar-refractivity contribution in [1.82, 2.24) is 20.5 Å². The summed E-state index contributed by atoms with van der Waals surface area (Å²) in [6.45, 7) is 0.187. The molecule has 1 atom stereocenters. The molecule has 4 aromatic rings. The van der Waals surface area contributed by atoms with Gasteiger partial charge in [-0.25, -0.2) is 9.78 Å². The fraction of sp³-hybridized carbons (Fsp3) is 0.154. The van der Waals surface area contributed by atoms with Crippen LogP contribution in [0.1, 0.15) is 21.7 Å². The molecule has 10 heteroatoms. The second-order valence-corrected chi connectivity index (χ2v) is 8.83. The van der Waals surface area contributed by atoms with Crippen molar-refractivity contribution in [2.24, 2.45) is 0 Å². The Bertz CT molecular complexity index is 1560. The van der Waals surface area contributed by atoms with Gasteiger partial charge < -0.3 is 25.1 Å². The normalized spacial score (nSPS) is 18.9. The fourth-order valence-corrected chi connectivity index (χ4v) is 4.74. The van der Waals surface area contributed by atoms with E-state index >= 15 is 0 Å². The highest BCUT2D eigenvalue weighted by Crippen LogP contribution is 2.36. The van der Waals surface area contributed by atoms with Crippen LogP contribution in [0.5, 0.6) is 5.75 Å². The minimum atomic E-state index is -1.58. The third-order valence-corrected chi connectivity index (χ3v) is 6.62. The molecule has 6 rings (SSSR count). The maximum atomic E-state index is 13.2. The van der Waals surface area contributed by atoms with Crippen molar-refractivity contribution in [3.05, 3.63) is 77.7 Å². The van der Waals surface area contributed by atoms with Crippen LogP contribution < -0.4 is 21.1 Å². The second-order valence-electron chi connectivity index (χ2n) is 8.83. The lowest BCUT2D eigenvalue weighted by atomic mass is 9.95. The minimum absolute atomic E-state index is 0.102.